The minimum absolute atomic E-state index is 0.0351. The molecule has 2 unspecified atom stereocenters. The van der Waals surface area contributed by atoms with Gasteiger partial charge in [0.1, 0.15) is 6.61 Å². The van der Waals surface area contributed by atoms with E-state index < -0.39 is 12.1 Å². The summed E-state index contributed by atoms with van der Waals surface area (Å²) in [6.45, 7) is 2.76. The molecule has 0 aromatic carbocycles. The second-order valence-electron chi connectivity index (χ2n) is 7.48. The van der Waals surface area contributed by atoms with Crippen LogP contribution in [0.15, 0.2) is 12.2 Å². The summed E-state index contributed by atoms with van der Waals surface area (Å²) in [4.78, 5) is 11.4. The van der Waals surface area contributed by atoms with Crippen molar-refractivity contribution < 1.29 is 14.6 Å². The van der Waals surface area contributed by atoms with Crippen LogP contribution in [0.25, 0.3) is 0 Å². The highest BCUT2D eigenvalue weighted by atomic mass is 16.5. The molecule has 0 aromatic rings. The van der Waals surface area contributed by atoms with Crippen molar-refractivity contribution in [3.8, 4) is 0 Å². The first-order chi connectivity index (χ1) is 13.1. The fourth-order valence-corrected chi connectivity index (χ4v) is 2.91. The molecule has 27 heavy (non-hydrogen) atoms. The predicted octanol–water partition coefficient (Wildman–Crippen LogP) is 4.21. The third-order valence-corrected chi connectivity index (χ3v) is 4.77. The van der Waals surface area contributed by atoms with Gasteiger partial charge in [-0.05, 0) is 25.8 Å². The van der Waals surface area contributed by atoms with Crippen LogP contribution < -0.4 is 11.5 Å². The molecule has 0 aliphatic heterocycles. The van der Waals surface area contributed by atoms with Gasteiger partial charge in [-0.1, -0.05) is 83.3 Å². The highest BCUT2D eigenvalue weighted by Gasteiger charge is 2.13. The molecule has 160 valence electrons. The first-order valence-electron chi connectivity index (χ1n) is 11.1. The molecule has 0 fully saturated rings. The first-order valence-corrected chi connectivity index (χ1v) is 11.1. The topological polar surface area (TPSA) is 98.6 Å². The van der Waals surface area contributed by atoms with E-state index in [1.165, 1.54) is 64.2 Å². The molecule has 0 rings (SSSR count). The van der Waals surface area contributed by atoms with Crippen LogP contribution in [-0.2, 0) is 9.53 Å². The summed E-state index contributed by atoms with van der Waals surface area (Å²) in [5.74, 6) is -0.312. The van der Waals surface area contributed by atoms with Gasteiger partial charge in [0.2, 0.25) is 0 Å². The molecule has 0 spiro atoms. The molecule has 0 heterocycles. The van der Waals surface area contributed by atoms with E-state index in [9.17, 15) is 9.90 Å². The normalized spacial score (nSPS) is 13.8. The quantitative estimate of drug-likeness (QED) is 0.176. The molecular weight excluding hydrogens is 340 g/mol. The lowest BCUT2D eigenvalue weighted by atomic mass is 10.0. The van der Waals surface area contributed by atoms with E-state index in [1.54, 1.807) is 6.08 Å². The van der Waals surface area contributed by atoms with Gasteiger partial charge >= 0.3 is 5.97 Å². The second-order valence-corrected chi connectivity index (χ2v) is 7.48. The standard InChI is InChI=1S/C22H44N2O3/c1-2-3-4-5-6-7-8-9-10-11-12-13-14-16-21(25)20(24)19-27-22(26)17-15-18-23/h14,16,20-21,25H,2-13,15,17-19,23-24H2,1H3. The van der Waals surface area contributed by atoms with Gasteiger partial charge in [-0.3, -0.25) is 4.79 Å². The number of aliphatic hydroxyl groups is 1. The van der Waals surface area contributed by atoms with E-state index in [1.807, 2.05) is 6.08 Å². The highest BCUT2D eigenvalue weighted by molar-refractivity contribution is 5.69. The summed E-state index contributed by atoms with van der Waals surface area (Å²) < 4.78 is 5.03. The molecule has 0 aromatic heterocycles. The Kier molecular flexibility index (Phi) is 19.2. The molecule has 0 radical (unpaired) electrons. The summed E-state index contributed by atoms with van der Waals surface area (Å²) >= 11 is 0. The average Bonchev–Trinajstić information content (AvgIpc) is 2.67. The number of nitrogens with two attached hydrogens (primary N) is 2. The minimum atomic E-state index is -0.778. The smallest absolute Gasteiger partial charge is 0.305 e. The van der Waals surface area contributed by atoms with E-state index in [2.05, 4.69) is 6.92 Å². The highest BCUT2D eigenvalue weighted by Crippen LogP contribution is 2.12. The first kappa shape index (κ1) is 26.1. The van der Waals surface area contributed by atoms with Crippen LogP contribution in [-0.4, -0.2) is 36.4 Å². The Hall–Kier alpha value is -0.910. The zero-order chi connectivity index (χ0) is 20.2. The lowest BCUT2D eigenvalue weighted by Crippen LogP contribution is -2.38. The Morgan fingerprint density at radius 1 is 0.963 bits per heavy atom. The lowest BCUT2D eigenvalue weighted by Gasteiger charge is -2.15. The second kappa shape index (κ2) is 19.8. The van der Waals surface area contributed by atoms with Crippen LogP contribution in [0.2, 0.25) is 0 Å². The minimum Gasteiger partial charge on any atom is -0.464 e. The Bertz CT molecular complexity index is 361. The fraction of sp³-hybridized carbons (Fsp3) is 0.864. The monoisotopic (exact) mass is 384 g/mol. The van der Waals surface area contributed by atoms with Gasteiger partial charge in [0.25, 0.3) is 0 Å². The summed E-state index contributed by atoms with van der Waals surface area (Å²) in [5.41, 5.74) is 11.2. The van der Waals surface area contributed by atoms with Gasteiger partial charge in [0.05, 0.1) is 12.1 Å². The molecule has 5 nitrogen and oxygen atoms in total. The number of hydrogen-bond donors (Lipinski definition) is 3. The van der Waals surface area contributed by atoms with E-state index in [-0.39, 0.29) is 12.6 Å². The molecule has 5 heteroatoms. The van der Waals surface area contributed by atoms with Crippen molar-refractivity contribution in [2.75, 3.05) is 13.2 Å². The van der Waals surface area contributed by atoms with E-state index in [0.29, 0.717) is 19.4 Å². The van der Waals surface area contributed by atoms with Gasteiger partial charge in [-0.25, -0.2) is 0 Å². The maximum atomic E-state index is 11.4. The maximum Gasteiger partial charge on any atom is 0.305 e. The zero-order valence-corrected chi connectivity index (χ0v) is 17.5. The number of aliphatic hydroxyl groups excluding tert-OH is 1. The summed E-state index contributed by atoms with van der Waals surface area (Å²) in [5, 5.41) is 9.96. The third kappa shape index (κ3) is 18.2. The van der Waals surface area contributed by atoms with Crippen LogP contribution in [0.5, 0.6) is 0 Å². The molecule has 0 saturated heterocycles. The molecule has 0 aliphatic rings. The number of unbranched alkanes of at least 4 members (excludes halogenated alkanes) is 11. The average molecular weight is 385 g/mol. The molecule has 0 amide bonds. The maximum absolute atomic E-state index is 11.4. The molecule has 5 N–H and O–H groups in total. The van der Waals surface area contributed by atoms with Crippen LogP contribution in [0.3, 0.4) is 0 Å². The predicted molar refractivity (Wildman–Crippen MR) is 113 cm³/mol. The van der Waals surface area contributed by atoms with Gasteiger partial charge in [-0.2, -0.15) is 0 Å². The summed E-state index contributed by atoms with van der Waals surface area (Å²) in [7, 11) is 0. The van der Waals surface area contributed by atoms with Crippen molar-refractivity contribution in [1.82, 2.24) is 0 Å². The van der Waals surface area contributed by atoms with Gasteiger partial charge < -0.3 is 21.3 Å². The van der Waals surface area contributed by atoms with Crippen molar-refractivity contribution in [2.45, 2.75) is 109 Å². The van der Waals surface area contributed by atoms with Gasteiger partial charge in [0.15, 0.2) is 0 Å². The van der Waals surface area contributed by atoms with Crippen molar-refractivity contribution >= 4 is 5.97 Å². The number of carbonyl (C=O) groups is 1. The van der Waals surface area contributed by atoms with Crippen LogP contribution in [0.4, 0.5) is 0 Å². The van der Waals surface area contributed by atoms with Crippen molar-refractivity contribution in [3.63, 3.8) is 0 Å². The van der Waals surface area contributed by atoms with Crippen molar-refractivity contribution in [3.05, 3.63) is 12.2 Å². The number of allylic oxidation sites excluding steroid dienone is 1. The fourth-order valence-electron chi connectivity index (χ4n) is 2.91. The number of ether oxygens (including phenoxy) is 1. The molecule has 0 saturated carbocycles. The Labute approximate surface area is 166 Å². The zero-order valence-electron chi connectivity index (χ0n) is 17.5. The largest absolute Gasteiger partial charge is 0.464 e. The number of rotatable bonds is 19. The summed E-state index contributed by atoms with van der Waals surface area (Å²) in [6, 6.07) is -0.583. The van der Waals surface area contributed by atoms with Crippen molar-refractivity contribution in [1.29, 1.82) is 0 Å². The SMILES string of the molecule is CCCCCCCCCCCCCC=CC(O)C(N)COC(=O)CCCN. The molecule has 2 atom stereocenters. The lowest BCUT2D eigenvalue weighted by molar-refractivity contribution is -0.144. The Balaban J connectivity index is 3.49. The molecular formula is C22H44N2O3. The van der Waals surface area contributed by atoms with Gasteiger partial charge in [-0.15, -0.1) is 0 Å². The van der Waals surface area contributed by atoms with E-state index in [4.69, 9.17) is 16.2 Å². The molecule has 0 aliphatic carbocycles. The van der Waals surface area contributed by atoms with Gasteiger partial charge in [0, 0.05) is 6.42 Å². The number of hydrogen-bond acceptors (Lipinski definition) is 5. The Morgan fingerprint density at radius 2 is 1.52 bits per heavy atom. The Morgan fingerprint density at radius 3 is 2.07 bits per heavy atom. The summed E-state index contributed by atoms with van der Waals surface area (Å²) in [6.07, 6.45) is 19.4. The van der Waals surface area contributed by atoms with Crippen LogP contribution in [0.1, 0.15) is 96.8 Å². The van der Waals surface area contributed by atoms with Crippen LogP contribution in [0, 0.1) is 0 Å². The van der Waals surface area contributed by atoms with Crippen molar-refractivity contribution in [2.24, 2.45) is 11.5 Å². The number of esters is 1. The number of carbonyl (C=O) groups excluding carboxylic acids is 1. The molecule has 0 bridgehead atoms. The van der Waals surface area contributed by atoms with E-state index >= 15 is 0 Å². The van der Waals surface area contributed by atoms with Crippen LogP contribution >= 0.6 is 0 Å². The third-order valence-electron chi connectivity index (χ3n) is 4.77. The van der Waals surface area contributed by atoms with E-state index in [0.717, 1.165) is 12.8 Å².